The topological polar surface area (TPSA) is 128 Å². The van der Waals surface area contributed by atoms with Crippen molar-refractivity contribution >= 4 is 23.8 Å². The van der Waals surface area contributed by atoms with Gasteiger partial charge in [-0.15, -0.1) is 0 Å². The molecule has 0 aromatic heterocycles. The monoisotopic (exact) mass is 328 g/mol. The highest BCUT2D eigenvalue weighted by atomic mass is 16.5. The van der Waals surface area contributed by atoms with Gasteiger partial charge in [0.2, 0.25) is 11.8 Å². The summed E-state index contributed by atoms with van der Waals surface area (Å²) >= 11 is 0. The van der Waals surface area contributed by atoms with Crippen molar-refractivity contribution < 1.29 is 24.4 Å². The van der Waals surface area contributed by atoms with E-state index < -0.39 is 35.6 Å². The number of carbonyl (C=O) groups excluding carboxylic acids is 4. The molecule has 0 spiro atoms. The summed E-state index contributed by atoms with van der Waals surface area (Å²) in [5.74, 6) is -3.20. The Morgan fingerprint density at radius 2 is 1.91 bits per heavy atom. The number of rotatable bonds is 8. The molecule has 0 aromatic rings. The van der Waals surface area contributed by atoms with E-state index in [-0.39, 0.29) is 12.5 Å². The van der Waals surface area contributed by atoms with Gasteiger partial charge in [-0.1, -0.05) is 27.2 Å². The maximum atomic E-state index is 12.5. The maximum absolute atomic E-state index is 12.5. The van der Waals surface area contributed by atoms with Crippen molar-refractivity contribution in [2.45, 2.75) is 40.0 Å². The Bertz CT molecular complexity index is 464. The standard InChI is InChI=1S/C14H24N4O5/c1-4-5-9(13(21)17-23)10(6-8(2)3)12(20)16-18-11(19)7-15-14(18)22/h8-10,23H,4-7H2,1-3H3,(H,15,22)(H,16,20)(H,17,21)/t9-,10?/m1/s1. The van der Waals surface area contributed by atoms with Crippen LogP contribution >= 0.6 is 0 Å². The number of imide groups is 1. The van der Waals surface area contributed by atoms with Crippen LogP contribution in [-0.2, 0) is 14.4 Å². The van der Waals surface area contributed by atoms with Crippen LogP contribution in [0.25, 0.3) is 0 Å². The van der Waals surface area contributed by atoms with E-state index in [1.54, 1.807) is 5.48 Å². The molecule has 5 amide bonds. The van der Waals surface area contributed by atoms with E-state index in [0.29, 0.717) is 24.3 Å². The van der Waals surface area contributed by atoms with Crippen molar-refractivity contribution in [3.8, 4) is 0 Å². The molecule has 1 rings (SSSR count). The van der Waals surface area contributed by atoms with Crippen LogP contribution < -0.4 is 16.2 Å². The van der Waals surface area contributed by atoms with E-state index in [9.17, 15) is 19.2 Å². The van der Waals surface area contributed by atoms with E-state index in [0.717, 1.165) is 0 Å². The van der Waals surface area contributed by atoms with Crippen LogP contribution in [0.15, 0.2) is 0 Å². The predicted molar refractivity (Wildman–Crippen MR) is 79.7 cm³/mol. The van der Waals surface area contributed by atoms with Gasteiger partial charge < -0.3 is 5.32 Å². The van der Waals surface area contributed by atoms with Crippen molar-refractivity contribution in [3.05, 3.63) is 0 Å². The van der Waals surface area contributed by atoms with E-state index in [4.69, 9.17) is 5.21 Å². The van der Waals surface area contributed by atoms with Gasteiger partial charge in [0, 0.05) is 0 Å². The average Bonchev–Trinajstić information content (AvgIpc) is 2.81. The summed E-state index contributed by atoms with van der Waals surface area (Å²) in [7, 11) is 0. The van der Waals surface area contributed by atoms with Crippen LogP contribution in [0.1, 0.15) is 40.0 Å². The van der Waals surface area contributed by atoms with Crippen LogP contribution in [-0.4, -0.2) is 40.5 Å². The molecule has 1 fully saturated rings. The third kappa shape index (κ3) is 4.92. The lowest BCUT2D eigenvalue weighted by Crippen LogP contribution is -2.51. The van der Waals surface area contributed by atoms with Crippen LogP contribution in [0.3, 0.4) is 0 Å². The number of urea groups is 1. The van der Waals surface area contributed by atoms with E-state index in [2.05, 4.69) is 10.7 Å². The zero-order chi connectivity index (χ0) is 17.6. The first-order valence-electron chi connectivity index (χ1n) is 7.67. The summed E-state index contributed by atoms with van der Waals surface area (Å²) in [6.45, 7) is 5.48. The lowest BCUT2D eigenvalue weighted by atomic mass is 9.81. The number of hydrogen-bond acceptors (Lipinski definition) is 5. The molecule has 0 aliphatic carbocycles. The summed E-state index contributed by atoms with van der Waals surface area (Å²) in [5, 5.41) is 11.8. The number of hydrazine groups is 1. The Morgan fingerprint density at radius 3 is 2.35 bits per heavy atom. The number of nitrogens with zero attached hydrogens (tertiary/aromatic N) is 1. The second-order valence-corrected chi connectivity index (χ2v) is 5.97. The number of hydrogen-bond donors (Lipinski definition) is 4. The van der Waals surface area contributed by atoms with E-state index in [1.165, 1.54) is 0 Å². The Balaban J connectivity index is 2.94. The molecule has 1 unspecified atom stereocenters. The zero-order valence-electron chi connectivity index (χ0n) is 13.6. The molecular formula is C14H24N4O5. The van der Waals surface area contributed by atoms with Gasteiger partial charge in [-0.2, -0.15) is 5.01 Å². The van der Waals surface area contributed by atoms with Crippen molar-refractivity contribution in [1.29, 1.82) is 0 Å². The van der Waals surface area contributed by atoms with Crippen molar-refractivity contribution in [2.75, 3.05) is 6.54 Å². The van der Waals surface area contributed by atoms with Gasteiger partial charge in [0.15, 0.2) is 0 Å². The number of hydroxylamine groups is 1. The molecule has 0 bridgehead atoms. The van der Waals surface area contributed by atoms with Crippen molar-refractivity contribution in [1.82, 2.24) is 21.2 Å². The van der Waals surface area contributed by atoms with Gasteiger partial charge in [-0.3, -0.25) is 25.0 Å². The maximum Gasteiger partial charge on any atom is 0.343 e. The van der Waals surface area contributed by atoms with Crippen molar-refractivity contribution in [2.24, 2.45) is 17.8 Å². The van der Waals surface area contributed by atoms with Gasteiger partial charge in [0.1, 0.15) is 6.54 Å². The molecule has 1 heterocycles. The quantitative estimate of drug-likeness (QED) is 0.286. The molecule has 23 heavy (non-hydrogen) atoms. The van der Waals surface area contributed by atoms with Crippen molar-refractivity contribution in [3.63, 3.8) is 0 Å². The average molecular weight is 328 g/mol. The highest BCUT2D eigenvalue weighted by Gasteiger charge is 2.37. The lowest BCUT2D eigenvalue weighted by molar-refractivity contribution is -0.144. The fourth-order valence-corrected chi connectivity index (χ4v) is 2.60. The molecule has 9 heteroatoms. The summed E-state index contributed by atoms with van der Waals surface area (Å²) in [5.41, 5.74) is 3.86. The smallest absolute Gasteiger partial charge is 0.327 e. The number of nitrogens with one attached hydrogen (secondary N) is 3. The molecule has 1 saturated heterocycles. The minimum absolute atomic E-state index is 0.111. The molecule has 9 nitrogen and oxygen atoms in total. The zero-order valence-corrected chi connectivity index (χ0v) is 13.6. The summed E-state index contributed by atoms with van der Waals surface area (Å²) in [6.07, 6.45) is 1.42. The van der Waals surface area contributed by atoms with Gasteiger partial charge in [0.05, 0.1) is 11.8 Å². The molecular weight excluding hydrogens is 304 g/mol. The van der Waals surface area contributed by atoms with E-state index in [1.807, 2.05) is 20.8 Å². The van der Waals surface area contributed by atoms with Crippen LogP contribution in [0.2, 0.25) is 0 Å². The molecule has 4 N–H and O–H groups in total. The molecule has 1 aliphatic heterocycles. The highest BCUT2D eigenvalue weighted by molar-refractivity contribution is 6.03. The molecule has 130 valence electrons. The Labute approximate surface area is 134 Å². The molecule has 0 saturated carbocycles. The number of carbonyl (C=O) groups is 4. The minimum atomic E-state index is -0.761. The number of amides is 5. The van der Waals surface area contributed by atoms with Crippen LogP contribution in [0.4, 0.5) is 4.79 Å². The van der Waals surface area contributed by atoms with E-state index >= 15 is 0 Å². The first kappa shape index (κ1) is 18.9. The SMILES string of the molecule is CCC[C@@H](C(=O)NO)C(CC(C)C)C(=O)NN1C(=O)CNC1=O. The van der Waals surface area contributed by atoms with Gasteiger partial charge in [-0.25, -0.2) is 10.3 Å². The molecule has 2 atom stereocenters. The summed E-state index contributed by atoms with van der Waals surface area (Å²) in [4.78, 5) is 47.5. The van der Waals surface area contributed by atoms with Crippen LogP contribution in [0, 0.1) is 17.8 Å². The minimum Gasteiger partial charge on any atom is -0.327 e. The molecule has 0 aromatic carbocycles. The fourth-order valence-electron chi connectivity index (χ4n) is 2.60. The third-order valence-corrected chi connectivity index (χ3v) is 3.66. The molecule has 1 aliphatic rings. The largest absolute Gasteiger partial charge is 0.343 e. The second-order valence-electron chi connectivity index (χ2n) is 5.97. The van der Waals surface area contributed by atoms with Gasteiger partial charge in [0.25, 0.3) is 5.91 Å². The van der Waals surface area contributed by atoms with Gasteiger partial charge >= 0.3 is 6.03 Å². The fraction of sp³-hybridized carbons (Fsp3) is 0.714. The molecule has 0 radical (unpaired) electrons. The highest BCUT2D eigenvalue weighted by Crippen LogP contribution is 2.25. The Kier molecular flexibility index (Phi) is 6.95. The predicted octanol–water partition coefficient (Wildman–Crippen LogP) is 0.153. The normalized spacial score (nSPS) is 17.0. The third-order valence-electron chi connectivity index (χ3n) is 3.66. The lowest BCUT2D eigenvalue weighted by Gasteiger charge is -2.27. The summed E-state index contributed by atoms with van der Waals surface area (Å²) in [6, 6.07) is -0.703. The summed E-state index contributed by atoms with van der Waals surface area (Å²) < 4.78 is 0. The van der Waals surface area contributed by atoms with Gasteiger partial charge in [-0.05, 0) is 18.8 Å². The van der Waals surface area contributed by atoms with Crippen LogP contribution in [0.5, 0.6) is 0 Å². The first-order chi connectivity index (χ1) is 10.8. The Morgan fingerprint density at radius 1 is 1.26 bits per heavy atom. The first-order valence-corrected chi connectivity index (χ1v) is 7.67. The Hall–Kier alpha value is -2.16. The second kappa shape index (κ2) is 8.47.